The molecule has 0 aromatic carbocycles. The first-order valence-electron chi connectivity index (χ1n) is 7.97. The Hall–Kier alpha value is -0.420. The highest BCUT2D eigenvalue weighted by Gasteiger charge is 2.37. The predicted molar refractivity (Wildman–Crippen MR) is 82.0 cm³/mol. The van der Waals surface area contributed by atoms with E-state index in [1.807, 2.05) is 11.3 Å². The van der Waals surface area contributed by atoms with Crippen molar-refractivity contribution >= 4 is 11.3 Å². The van der Waals surface area contributed by atoms with Gasteiger partial charge in [0.15, 0.2) is 0 Å². The maximum atomic E-state index is 6.10. The van der Waals surface area contributed by atoms with Crippen molar-refractivity contribution in [1.29, 1.82) is 0 Å². The van der Waals surface area contributed by atoms with Crippen LogP contribution in [0.3, 0.4) is 0 Å². The van der Waals surface area contributed by atoms with Crippen LogP contribution in [0.1, 0.15) is 24.1 Å². The van der Waals surface area contributed by atoms with E-state index in [1.54, 1.807) is 0 Å². The number of hydrogen-bond acceptors (Lipinski definition) is 4. The van der Waals surface area contributed by atoms with E-state index in [0.29, 0.717) is 6.10 Å². The van der Waals surface area contributed by atoms with Gasteiger partial charge in [-0.25, -0.2) is 0 Å². The monoisotopic (exact) mass is 292 g/mol. The standard InChI is InChI=1S/C16H24N2OS/c1-2-16(20-7-1)11-17-5-6-18-10-15(8-14(18)9-17)19-12-13-3-4-13/h1-2,7,13-15H,3-6,8-12H2/t14-,15+/m0/s1. The Morgan fingerprint density at radius 3 is 3.00 bits per heavy atom. The van der Waals surface area contributed by atoms with Crippen LogP contribution < -0.4 is 0 Å². The molecule has 3 heterocycles. The molecule has 3 nitrogen and oxygen atoms in total. The van der Waals surface area contributed by atoms with Crippen molar-refractivity contribution in [2.45, 2.75) is 38.0 Å². The van der Waals surface area contributed by atoms with E-state index in [0.717, 1.165) is 25.1 Å². The molecule has 110 valence electrons. The van der Waals surface area contributed by atoms with Gasteiger partial charge in [0.25, 0.3) is 0 Å². The van der Waals surface area contributed by atoms with Gasteiger partial charge in [-0.3, -0.25) is 9.80 Å². The molecule has 1 saturated carbocycles. The van der Waals surface area contributed by atoms with E-state index >= 15 is 0 Å². The van der Waals surface area contributed by atoms with Crippen LogP contribution in [0.15, 0.2) is 17.5 Å². The average molecular weight is 292 g/mol. The number of hydrogen-bond donors (Lipinski definition) is 0. The maximum absolute atomic E-state index is 6.10. The van der Waals surface area contributed by atoms with Crippen LogP contribution in [0.4, 0.5) is 0 Å². The summed E-state index contributed by atoms with van der Waals surface area (Å²) < 4.78 is 6.10. The van der Waals surface area contributed by atoms with Crippen LogP contribution in [0.2, 0.25) is 0 Å². The SMILES string of the molecule is c1csc(CN2CCN3C[C@H](OCC4CC4)C[C@H]3C2)c1. The molecule has 4 rings (SSSR count). The smallest absolute Gasteiger partial charge is 0.0717 e. The van der Waals surface area contributed by atoms with E-state index in [1.165, 1.54) is 50.3 Å². The Labute approximate surface area is 125 Å². The summed E-state index contributed by atoms with van der Waals surface area (Å²) >= 11 is 1.88. The second-order valence-corrected chi connectivity index (χ2v) is 7.63. The molecule has 0 bridgehead atoms. The molecular weight excluding hydrogens is 268 g/mol. The lowest BCUT2D eigenvalue weighted by Gasteiger charge is -2.37. The lowest BCUT2D eigenvalue weighted by Crippen LogP contribution is -2.49. The summed E-state index contributed by atoms with van der Waals surface area (Å²) in [6.07, 6.45) is 4.54. The summed E-state index contributed by atoms with van der Waals surface area (Å²) in [5.41, 5.74) is 0. The number of rotatable bonds is 5. The molecule has 0 radical (unpaired) electrons. The zero-order chi connectivity index (χ0) is 13.4. The van der Waals surface area contributed by atoms with Gasteiger partial charge >= 0.3 is 0 Å². The van der Waals surface area contributed by atoms with Gasteiger partial charge in [0.2, 0.25) is 0 Å². The minimum Gasteiger partial charge on any atom is -0.377 e. The van der Waals surface area contributed by atoms with Crippen molar-refractivity contribution < 1.29 is 4.74 Å². The summed E-state index contributed by atoms with van der Waals surface area (Å²) in [4.78, 5) is 6.77. The quantitative estimate of drug-likeness (QED) is 0.829. The normalized spacial score (nSPS) is 31.6. The molecule has 2 saturated heterocycles. The highest BCUT2D eigenvalue weighted by molar-refractivity contribution is 7.09. The second-order valence-electron chi connectivity index (χ2n) is 6.60. The first-order valence-corrected chi connectivity index (χ1v) is 8.85. The van der Waals surface area contributed by atoms with Gasteiger partial charge in [0.05, 0.1) is 6.10 Å². The molecule has 0 amide bonds. The molecule has 2 aliphatic heterocycles. The maximum Gasteiger partial charge on any atom is 0.0717 e. The van der Waals surface area contributed by atoms with Gasteiger partial charge < -0.3 is 4.74 Å². The number of thiophene rings is 1. The minimum absolute atomic E-state index is 0.502. The van der Waals surface area contributed by atoms with Crippen molar-refractivity contribution in [3.8, 4) is 0 Å². The summed E-state index contributed by atoms with van der Waals surface area (Å²) in [6.45, 7) is 6.98. The topological polar surface area (TPSA) is 15.7 Å². The van der Waals surface area contributed by atoms with E-state index in [2.05, 4.69) is 27.3 Å². The van der Waals surface area contributed by atoms with Crippen LogP contribution in [-0.4, -0.2) is 54.7 Å². The van der Waals surface area contributed by atoms with Crippen LogP contribution >= 0.6 is 11.3 Å². The lowest BCUT2D eigenvalue weighted by atomic mass is 10.1. The molecule has 4 heteroatoms. The van der Waals surface area contributed by atoms with E-state index < -0.39 is 0 Å². The molecule has 3 fully saturated rings. The highest BCUT2D eigenvalue weighted by atomic mass is 32.1. The van der Waals surface area contributed by atoms with Gasteiger partial charge in [-0.2, -0.15) is 0 Å². The molecule has 1 aromatic rings. The molecule has 20 heavy (non-hydrogen) atoms. The van der Waals surface area contributed by atoms with Crippen molar-refractivity contribution in [3.05, 3.63) is 22.4 Å². The van der Waals surface area contributed by atoms with Crippen molar-refractivity contribution in [2.24, 2.45) is 5.92 Å². The largest absolute Gasteiger partial charge is 0.377 e. The summed E-state index contributed by atoms with van der Waals surface area (Å²) in [5.74, 6) is 0.892. The van der Waals surface area contributed by atoms with Crippen LogP contribution in [-0.2, 0) is 11.3 Å². The molecule has 2 atom stereocenters. The van der Waals surface area contributed by atoms with E-state index in [9.17, 15) is 0 Å². The summed E-state index contributed by atoms with van der Waals surface area (Å²) in [6, 6.07) is 5.15. The fourth-order valence-electron chi connectivity index (χ4n) is 3.50. The van der Waals surface area contributed by atoms with Gasteiger partial charge in [-0.15, -0.1) is 11.3 Å². The van der Waals surface area contributed by atoms with Gasteiger partial charge in [0.1, 0.15) is 0 Å². The fraction of sp³-hybridized carbons (Fsp3) is 0.750. The molecule has 1 aliphatic carbocycles. The molecule has 0 spiro atoms. The molecular formula is C16H24N2OS. The Balaban J connectivity index is 1.28. The third kappa shape index (κ3) is 3.08. The lowest BCUT2D eigenvalue weighted by molar-refractivity contribution is 0.0508. The zero-order valence-corrected chi connectivity index (χ0v) is 12.9. The second kappa shape index (κ2) is 5.76. The van der Waals surface area contributed by atoms with Crippen LogP contribution in [0.25, 0.3) is 0 Å². The number of fused-ring (bicyclic) bond motifs is 1. The Morgan fingerprint density at radius 2 is 2.20 bits per heavy atom. The summed E-state index contributed by atoms with van der Waals surface area (Å²) in [5, 5.41) is 2.18. The van der Waals surface area contributed by atoms with Gasteiger partial charge in [-0.1, -0.05) is 6.07 Å². The Kier molecular flexibility index (Phi) is 3.82. The van der Waals surface area contributed by atoms with E-state index in [4.69, 9.17) is 4.74 Å². The number of nitrogens with zero attached hydrogens (tertiary/aromatic N) is 2. The minimum atomic E-state index is 0.502. The molecule has 0 N–H and O–H groups in total. The van der Waals surface area contributed by atoms with Crippen LogP contribution in [0, 0.1) is 5.92 Å². The van der Waals surface area contributed by atoms with Crippen molar-refractivity contribution in [1.82, 2.24) is 9.80 Å². The third-order valence-corrected chi connectivity index (χ3v) is 5.75. The number of ether oxygens (including phenoxy) is 1. The van der Waals surface area contributed by atoms with Gasteiger partial charge in [0, 0.05) is 50.2 Å². The third-order valence-electron chi connectivity index (χ3n) is 4.89. The van der Waals surface area contributed by atoms with E-state index in [-0.39, 0.29) is 0 Å². The highest BCUT2D eigenvalue weighted by Crippen LogP contribution is 2.31. The Morgan fingerprint density at radius 1 is 1.25 bits per heavy atom. The zero-order valence-electron chi connectivity index (χ0n) is 12.0. The fourth-order valence-corrected chi connectivity index (χ4v) is 4.25. The first kappa shape index (κ1) is 13.3. The Bertz CT molecular complexity index is 432. The molecule has 0 unspecified atom stereocenters. The number of piperazine rings is 1. The average Bonchev–Trinajstić information content (AvgIpc) is 2.97. The molecule has 1 aromatic heterocycles. The van der Waals surface area contributed by atoms with Crippen molar-refractivity contribution in [3.63, 3.8) is 0 Å². The molecule has 3 aliphatic rings. The van der Waals surface area contributed by atoms with Crippen LogP contribution in [0.5, 0.6) is 0 Å². The summed E-state index contributed by atoms with van der Waals surface area (Å²) in [7, 11) is 0. The first-order chi connectivity index (χ1) is 9.87. The van der Waals surface area contributed by atoms with Gasteiger partial charge in [-0.05, 0) is 36.6 Å². The van der Waals surface area contributed by atoms with Crippen molar-refractivity contribution in [2.75, 3.05) is 32.8 Å². The predicted octanol–water partition coefficient (Wildman–Crippen LogP) is 2.43.